The lowest BCUT2D eigenvalue weighted by Crippen LogP contribution is -2.39. The van der Waals surface area contributed by atoms with Gasteiger partial charge in [-0.05, 0) is 24.3 Å². The van der Waals surface area contributed by atoms with Gasteiger partial charge in [0.1, 0.15) is 5.82 Å². The van der Waals surface area contributed by atoms with Crippen molar-refractivity contribution in [2.24, 2.45) is 0 Å². The van der Waals surface area contributed by atoms with Crippen LogP contribution in [-0.4, -0.2) is 55.6 Å². The first kappa shape index (κ1) is 18.3. The number of sulfonamides is 1. The van der Waals surface area contributed by atoms with E-state index in [-0.39, 0.29) is 30.8 Å². The Hall–Kier alpha value is -2.07. The Balaban J connectivity index is 1.87. The molecule has 0 aromatic heterocycles. The van der Waals surface area contributed by atoms with Crippen molar-refractivity contribution in [1.29, 1.82) is 0 Å². The highest BCUT2D eigenvalue weighted by Crippen LogP contribution is 2.26. The van der Waals surface area contributed by atoms with Crippen molar-refractivity contribution in [2.45, 2.75) is 23.4 Å². The highest BCUT2D eigenvalue weighted by molar-refractivity contribution is 7.89. The van der Waals surface area contributed by atoms with Gasteiger partial charge in [0, 0.05) is 25.9 Å². The number of halogens is 2. The van der Waals surface area contributed by atoms with Crippen LogP contribution in [0.5, 0.6) is 0 Å². The number of likely N-dealkylation sites (tertiary alicyclic amines) is 1. The van der Waals surface area contributed by atoms with Crippen LogP contribution in [0.4, 0.5) is 8.78 Å². The number of carbonyl (C=O) groups is 2. The van der Waals surface area contributed by atoms with Gasteiger partial charge in [-0.15, -0.1) is 0 Å². The van der Waals surface area contributed by atoms with E-state index in [4.69, 9.17) is 5.11 Å². The van der Waals surface area contributed by atoms with E-state index >= 15 is 0 Å². The molecule has 10 heteroatoms. The third-order valence-electron chi connectivity index (χ3n) is 3.71. The number of aliphatic carboxylic acids is 1. The van der Waals surface area contributed by atoms with Crippen LogP contribution in [0.2, 0.25) is 0 Å². The standard InChI is InChI=1S/C14H16F2N2O5S/c15-10-1-3-11(4-2-10)24(22,23)17-7-5-12(19)18-8-6-14(16,9-18)13(20)21/h1-4,17H,5-9H2,(H,20,21). The Labute approximate surface area is 137 Å². The fraction of sp³-hybridized carbons (Fsp3) is 0.429. The lowest BCUT2D eigenvalue weighted by Gasteiger charge is -2.17. The molecule has 2 rings (SSSR count). The number of hydrogen-bond donors (Lipinski definition) is 2. The van der Waals surface area contributed by atoms with E-state index in [1.54, 1.807) is 0 Å². The normalized spacial score (nSPS) is 21.0. The number of hydrogen-bond acceptors (Lipinski definition) is 4. The molecule has 1 atom stereocenters. The Morgan fingerprint density at radius 3 is 2.46 bits per heavy atom. The number of amides is 1. The first-order valence-electron chi connectivity index (χ1n) is 7.09. The summed E-state index contributed by atoms with van der Waals surface area (Å²) in [4.78, 5) is 23.6. The fourth-order valence-corrected chi connectivity index (χ4v) is 3.34. The van der Waals surface area contributed by atoms with Gasteiger partial charge >= 0.3 is 5.97 Å². The van der Waals surface area contributed by atoms with E-state index in [1.165, 1.54) is 0 Å². The molecule has 1 fully saturated rings. The minimum Gasteiger partial charge on any atom is -0.479 e. The summed E-state index contributed by atoms with van der Waals surface area (Å²) in [6.07, 6.45) is -0.536. The molecule has 0 saturated carbocycles. The zero-order chi connectivity index (χ0) is 18.0. The summed E-state index contributed by atoms with van der Waals surface area (Å²) in [5, 5.41) is 8.77. The molecule has 1 heterocycles. The lowest BCUT2D eigenvalue weighted by molar-refractivity contribution is -0.150. The van der Waals surface area contributed by atoms with E-state index in [1.807, 2.05) is 0 Å². The lowest BCUT2D eigenvalue weighted by atomic mass is 10.1. The first-order valence-corrected chi connectivity index (χ1v) is 8.58. The molecule has 1 aliphatic rings. The zero-order valence-corrected chi connectivity index (χ0v) is 13.4. The van der Waals surface area contributed by atoms with E-state index in [0.29, 0.717) is 0 Å². The monoisotopic (exact) mass is 362 g/mol. The van der Waals surface area contributed by atoms with Crippen molar-refractivity contribution < 1.29 is 31.9 Å². The topological polar surface area (TPSA) is 104 Å². The summed E-state index contributed by atoms with van der Waals surface area (Å²) in [7, 11) is -3.89. The second-order valence-corrected chi connectivity index (χ2v) is 7.20. The quantitative estimate of drug-likeness (QED) is 0.768. The summed E-state index contributed by atoms with van der Waals surface area (Å²) in [6.45, 7) is -0.820. The highest BCUT2D eigenvalue weighted by atomic mass is 32.2. The molecule has 1 unspecified atom stereocenters. The average Bonchev–Trinajstić information content (AvgIpc) is 2.91. The number of nitrogens with one attached hydrogen (secondary N) is 1. The molecule has 1 aromatic carbocycles. The van der Waals surface area contributed by atoms with Crippen LogP contribution in [0.25, 0.3) is 0 Å². The van der Waals surface area contributed by atoms with Gasteiger partial charge in [-0.2, -0.15) is 0 Å². The van der Waals surface area contributed by atoms with Crippen molar-refractivity contribution in [3.63, 3.8) is 0 Å². The van der Waals surface area contributed by atoms with Crippen LogP contribution in [0.15, 0.2) is 29.2 Å². The molecule has 0 bridgehead atoms. The van der Waals surface area contributed by atoms with Crippen LogP contribution in [0.3, 0.4) is 0 Å². The fourth-order valence-electron chi connectivity index (χ4n) is 2.31. The summed E-state index contributed by atoms with van der Waals surface area (Å²) in [6, 6.07) is 4.17. The maximum absolute atomic E-state index is 13.9. The van der Waals surface area contributed by atoms with E-state index in [0.717, 1.165) is 29.2 Å². The number of carboxylic acid groups (broad SMARTS) is 1. The average molecular weight is 362 g/mol. The third-order valence-corrected chi connectivity index (χ3v) is 5.19. The Kier molecular flexibility index (Phi) is 5.19. The van der Waals surface area contributed by atoms with Crippen molar-refractivity contribution in [1.82, 2.24) is 9.62 Å². The third kappa shape index (κ3) is 4.06. The minimum absolute atomic E-state index is 0.0354. The molecular weight excluding hydrogens is 346 g/mol. The van der Waals surface area contributed by atoms with Gasteiger partial charge < -0.3 is 10.0 Å². The zero-order valence-electron chi connectivity index (χ0n) is 12.5. The summed E-state index contributed by atoms with van der Waals surface area (Å²) >= 11 is 0. The second kappa shape index (κ2) is 6.81. The summed E-state index contributed by atoms with van der Waals surface area (Å²) in [5.74, 6) is -2.74. The SMILES string of the molecule is O=C(CCNS(=O)(=O)c1ccc(F)cc1)N1CCC(F)(C(=O)O)C1. The Morgan fingerprint density at radius 1 is 1.29 bits per heavy atom. The van der Waals surface area contributed by atoms with Crippen molar-refractivity contribution in [2.75, 3.05) is 19.6 Å². The van der Waals surface area contributed by atoms with Crippen LogP contribution < -0.4 is 4.72 Å². The highest BCUT2D eigenvalue weighted by Gasteiger charge is 2.46. The van der Waals surface area contributed by atoms with Crippen LogP contribution in [0, 0.1) is 5.82 Å². The smallest absolute Gasteiger partial charge is 0.343 e. The largest absolute Gasteiger partial charge is 0.479 e. The molecule has 0 radical (unpaired) electrons. The van der Waals surface area contributed by atoms with E-state index in [2.05, 4.69) is 4.72 Å². The summed E-state index contributed by atoms with van der Waals surface area (Å²) < 4.78 is 52.7. The van der Waals surface area contributed by atoms with Gasteiger partial charge in [0.15, 0.2) is 0 Å². The minimum atomic E-state index is -3.89. The molecule has 7 nitrogen and oxygen atoms in total. The number of carboxylic acids is 1. The predicted molar refractivity (Wildman–Crippen MR) is 78.9 cm³/mol. The molecule has 1 saturated heterocycles. The van der Waals surface area contributed by atoms with Crippen molar-refractivity contribution >= 4 is 21.9 Å². The molecule has 1 aromatic rings. The van der Waals surface area contributed by atoms with E-state index < -0.39 is 39.9 Å². The molecule has 24 heavy (non-hydrogen) atoms. The molecule has 0 spiro atoms. The molecule has 132 valence electrons. The first-order chi connectivity index (χ1) is 11.1. The number of nitrogens with zero attached hydrogens (tertiary/aromatic N) is 1. The van der Waals surface area contributed by atoms with Gasteiger partial charge in [0.05, 0.1) is 11.4 Å². The number of benzene rings is 1. The maximum Gasteiger partial charge on any atom is 0.343 e. The van der Waals surface area contributed by atoms with Crippen LogP contribution in [-0.2, 0) is 19.6 Å². The van der Waals surface area contributed by atoms with Crippen molar-refractivity contribution in [3.05, 3.63) is 30.1 Å². The van der Waals surface area contributed by atoms with Crippen molar-refractivity contribution in [3.8, 4) is 0 Å². The van der Waals surface area contributed by atoms with Gasteiger partial charge in [-0.25, -0.2) is 26.7 Å². The van der Waals surface area contributed by atoms with Gasteiger partial charge in [0.25, 0.3) is 0 Å². The Morgan fingerprint density at radius 2 is 1.92 bits per heavy atom. The van der Waals surface area contributed by atoms with Gasteiger partial charge in [-0.3, -0.25) is 4.79 Å². The number of alkyl halides is 1. The molecule has 1 amide bonds. The van der Waals surface area contributed by atoms with Gasteiger partial charge in [-0.1, -0.05) is 0 Å². The molecular formula is C14H16F2N2O5S. The number of rotatable bonds is 6. The Bertz CT molecular complexity index is 738. The molecule has 2 N–H and O–H groups in total. The molecule has 0 aliphatic carbocycles. The van der Waals surface area contributed by atoms with Crippen LogP contribution in [0.1, 0.15) is 12.8 Å². The predicted octanol–water partition coefficient (Wildman–Crippen LogP) is 0.519. The number of carbonyl (C=O) groups excluding carboxylic acids is 1. The summed E-state index contributed by atoms with van der Waals surface area (Å²) in [5.41, 5.74) is -2.46. The van der Waals surface area contributed by atoms with Gasteiger partial charge in [0.2, 0.25) is 21.6 Å². The second-order valence-electron chi connectivity index (χ2n) is 5.44. The van der Waals surface area contributed by atoms with Crippen LogP contribution >= 0.6 is 0 Å². The molecule has 1 aliphatic heterocycles. The maximum atomic E-state index is 13.9. The van der Waals surface area contributed by atoms with E-state index in [9.17, 15) is 26.8 Å².